The Kier molecular flexibility index (Phi) is 7.44. The lowest BCUT2D eigenvalue weighted by atomic mass is 9.76. The molecule has 1 saturated heterocycles. The fraction of sp³-hybridized carbons (Fsp3) is 0.448. The summed E-state index contributed by atoms with van der Waals surface area (Å²) in [6.07, 6.45) is 3.47. The Balaban J connectivity index is 1.52. The summed E-state index contributed by atoms with van der Waals surface area (Å²) in [4.78, 5) is 26.2. The van der Waals surface area contributed by atoms with Gasteiger partial charge in [-0.25, -0.2) is 4.79 Å². The molecule has 0 unspecified atom stereocenters. The molecule has 1 spiro atoms. The lowest BCUT2D eigenvalue weighted by molar-refractivity contribution is -0.284. The van der Waals surface area contributed by atoms with E-state index in [0.29, 0.717) is 6.42 Å². The summed E-state index contributed by atoms with van der Waals surface area (Å²) in [6.45, 7) is 2.30. The number of ether oxygens (including phenoxy) is 2. The highest BCUT2D eigenvalue weighted by Gasteiger charge is 2.55. The van der Waals surface area contributed by atoms with E-state index in [2.05, 4.69) is 36.2 Å². The summed E-state index contributed by atoms with van der Waals surface area (Å²) in [5.74, 6) is 0. The molecule has 3 N–H and O–H groups in total. The van der Waals surface area contributed by atoms with Crippen LogP contribution in [0.15, 0.2) is 64.3 Å². The summed E-state index contributed by atoms with van der Waals surface area (Å²) in [5.41, 5.74) is 2.99. The van der Waals surface area contributed by atoms with Gasteiger partial charge in [-0.1, -0.05) is 62.6 Å². The standard InChI is InChI=1S/C29H34N2O6/c1-2-3-4-6-11-20-14-21(19-9-7-5-8-10-19)15-22-17-37-29(16-23(20)22)24(32)18-36-27(26(29)34)31-13-12-25(33)30-28(31)35/h5,7-10,12-15,24,26-27,32,34H,2-4,6,11,16-18H2,1H3,(H,30,33,35)/t24-,26+,27-,29-/m1/s1. The number of unbranched alkanes of at least 4 members (excludes halogenated alkanes) is 3. The summed E-state index contributed by atoms with van der Waals surface area (Å²) >= 11 is 0. The van der Waals surface area contributed by atoms with Crippen LogP contribution in [0.4, 0.5) is 0 Å². The number of aromatic nitrogens is 2. The van der Waals surface area contributed by atoms with Crippen molar-refractivity contribution in [3.05, 3.63) is 92.3 Å². The molecule has 0 saturated carbocycles. The smallest absolute Gasteiger partial charge is 0.330 e. The molecular weight excluding hydrogens is 472 g/mol. The monoisotopic (exact) mass is 506 g/mol. The van der Waals surface area contributed by atoms with Crippen molar-refractivity contribution in [3.8, 4) is 11.1 Å². The third-order valence-electron chi connectivity index (χ3n) is 7.68. The van der Waals surface area contributed by atoms with Crippen LogP contribution in [0.5, 0.6) is 0 Å². The third-order valence-corrected chi connectivity index (χ3v) is 7.68. The first-order valence-corrected chi connectivity index (χ1v) is 13.1. The molecule has 8 nitrogen and oxygen atoms in total. The number of H-pyrrole nitrogens is 1. The minimum atomic E-state index is -1.35. The van der Waals surface area contributed by atoms with E-state index in [1.54, 1.807) is 0 Å². The van der Waals surface area contributed by atoms with Crippen LogP contribution in [0.2, 0.25) is 0 Å². The van der Waals surface area contributed by atoms with Crippen LogP contribution in [0.25, 0.3) is 11.1 Å². The van der Waals surface area contributed by atoms with Gasteiger partial charge in [0.25, 0.3) is 5.56 Å². The van der Waals surface area contributed by atoms with Gasteiger partial charge in [0.05, 0.1) is 13.2 Å². The summed E-state index contributed by atoms with van der Waals surface area (Å²) < 4.78 is 13.1. The van der Waals surface area contributed by atoms with Crippen LogP contribution < -0.4 is 11.2 Å². The molecule has 0 amide bonds. The summed E-state index contributed by atoms with van der Waals surface area (Å²) in [5, 5.41) is 22.6. The topological polar surface area (TPSA) is 114 Å². The fourth-order valence-corrected chi connectivity index (χ4v) is 5.58. The number of hydrogen-bond donors (Lipinski definition) is 3. The van der Waals surface area contributed by atoms with Crippen LogP contribution in [-0.2, 0) is 28.9 Å². The van der Waals surface area contributed by atoms with Crippen LogP contribution in [-0.4, -0.2) is 44.2 Å². The van der Waals surface area contributed by atoms with Gasteiger partial charge in [-0.3, -0.25) is 14.3 Å². The second-order valence-electron chi connectivity index (χ2n) is 10.1. The molecule has 8 heteroatoms. The molecule has 5 rings (SSSR count). The second kappa shape index (κ2) is 10.8. The van der Waals surface area contributed by atoms with Gasteiger partial charge in [0.2, 0.25) is 0 Å². The quantitative estimate of drug-likeness (QED) is 0.425. The first-order valence-electron chi connectivity index (χ1n) is 13.1. The molecule has 2 aliphatic heterocycles. The highest BCUT2D eigenvalue weighted by molar-refractivity contribution is 5.66. The number of hydrogen-bond acceptors (Lipinski definition) is 6. The van der Waals surface area contributed by atoms with Gasteiger partial charge in [-0.15, -0.1) is 0 Å². The zero-order valence-corrected chi connectivity index (χ0v) is 21.1. The van der Waals surface area contributed by atoms with Gasteiger partial charge in [0.1, 0.15) is 17.8 Å². The molecule has 3 heterocycles. The maximum absolute atomic E-state index is 12.4. The Morgan fingerprint density at radius 3 is 2.62 bits per heavy atom. The van der Waals surface area contributed by atoms with Crippen molar-refractivity contribution in [2.75, 3.05) is 6.61 Å². The Bertz CT molecular complexity index is 1350. The number of nitrogens with one attached hydrogen (secondary N) is 1. The number of benzene rings is 2. The molecule has 3 aromatic rings. The number of aryl methyl sites for hydroxylation is 1. The van der Waals surface area contributed by atoms with Crippen LogP contribution in [0.1, 0.15) is 55.5 Å². The first kappa shape index (κ1) is 25.6. The lowest BCUT2D eigenvalue weighted by Crippen LogP contribution is -2.65. The van der Waals surface area contributed by atoms with Crippen LogP contribution in [0, 0.1) is 0 Å². The third kappa shape index (κ3) is 4.94. The van der Waals surface area contributed by atoms with Crippen molar-refractivity contribution >= 4 is 0 Å². The van der Waals surface area contributed by atoms with E-state index in [0.717, 1.165) is 52.5 Å². The fourth-order valence-electron chi connectivity index (χ4n) is 5.58. The molecule has 0 radical (unpaired) electrons. The highest BCUT2D eigenvalue weighted by atomic mass is 16.6. The molecule has 4 atom stereocenters. The molecule has 2 aliphatic rings. The van der Waals surface area contributed by atoms with Crippen molar-refractivity contribution < 1.29 is 19.7 Å². The summed E-state index contributed by atoms with van der Waals surface area (Å²) in [7, 11) is 0. The van der Waals surface area contributed by atoms with E-state index < -0.39 is 35.3 Å². The van der Waals surface area contributed by atoms with E-state index in [4.69, 9.17) is 9.47 Å². The van der Waals surface area contributed by atoms with Crippen molar-refractivity contribution in [2.45, 2.75) is 76.1 Å². The van der Waals surface area contributed by atoms with E-state index in [1.165, 1.54) is 24.2 Å². The maximum Gasteiger partial charge on any atom is 0.330 e. The Labute approximate surface area is 215 Å². The van der Waals surface area contributed by atoms with E-state index >= 15 is 0 Å². The molecule has 37 heavy (non-hydrogen) atoms. The first-order chi connectivity index (χ1) is 17.9. The minimum absolute atomic E-state index is 0.115. The predicted molar refractivity (Wildman–Crippen MR) is 139 cm³/mol. The van der Waals surface area contributed by atoms with E-state index in [9.17, 15) is 19.8 Å². The summed E-state index contributed by atoms with van der Waals surface area (Å²) in [6, 6.07) is 15.8. The molecule has 0 bridgehead atoms. The molecule has 0 aliphatic carbocycles. The zero-order valence-electron chi connectivity index (χ0n) is 21.1. The number of aliphatic hydroxyl groups excluding tert-OH is 2. The molecule has 2 aromatic carbocycles. The van der Waals surface area contributed by atoms with Gasteiger partial charge in [0.15, 0.2) is 6.23 Å². The molecule has 1 fully saturated rings. The van der Waals surface area contributed by atoms with Gasteiger partial charge in [0, 0.05) is 18.7 Å². The largest absolute Gasteiger partial charge is 0.388 e. The van der Waals surface area contributed by atoms with Crippen molar-refractivity contribution in [3.63, 3.8) is 0 Å². The number of nitrogens with zero attached hydrogens (tertiary/aromatic N) is 1. The van der Waals surface area contributed by atoms with Crippen molar-refractivity contribution in [2.24, 2.45) is 0 Å². The maximum atomic E-state index is 12.4. The molecular formula is C29H34N2O6. The molecule has 196 valence electrons. The number of aromatic amines is 1. The minimum Gasteiger partial charge on any atom is -0.388 e. The second-order valence-corrected chi connectivity index (χ2v) is 10.1. The predicted octanol–water partition coefficient (Wildman–Crippen LogP) is 3.09. The number of fused-ring (bicyclic) bond motifs is 1. The van der Waals surface area contributed by atoms with Gasteiger partial charge in [-0.05, 0) is 46.7 Å². The van der Waals surface area contributed by atoms with Gasteiger partial charge < -0.3 is 19.7 Å². The van der Waals surface area contributed by atoms with Crippen molar-refractivity contribution in [1.29, 1.82) is 0 Å². The Hall–Kier alpha value is -3.04. The van der Waals surface area contributed by atoms with E-state index in [-0.39, 0.29) is 13.2 Å². The average Bonchev–Trinajstić information content (AvgIpc) is 2.91. The van der Waals surface area contributed by atoms with Crippen LogP contribution >= 0.6 is 0 Å². The van der Waals surface area contributed by atoms with E-state index in [1.807, 2.05) is 18.2 Å². The normalized spacial score (nSPS) is 25.2. The number of aliphatic hydroxyl groups is 2. The highest BCUT2D eigenvalue weighted by Crippen LogP contribution is 2.43. The average molecular weight is 507 g/mol. The Morgan fingerprint density at radius 1 is 1.05 bits per heavy atom. The van der Waals surface area contributed by atoms with Crippen LogP contribution in [0.3, 0.4) is 0 Å². The Morgan fingerprint density at radius 2 is 1.86 bits per heavy atom. The molecule has 1 aromatic heterocycles. The van der Waals surface area contributed by atoms with Gasteiger partial charge >= 0.3 is 5.69 Å². The number of rotatable bonds is 7. The lowest BCUT2D eigenvalue weighted by Gasteiger charge is -2.50. The SMILES string of the molecule is CCCCCCc1cc(-c2ccccc2)cc2c1C[C@@]1(OC2)[C@H](O)CO[C@@H](n2ccc(=O)[nH]c2=O)[C@@H]1O. The van der Waals surface area contributed by atoms with Gasteiger partial charge in [-0.2, -0.15) is 0 Å². The van der Waals surface area contributed by atoms with Crippen molar-refractivity contribution in [1.82, 2.24) is 9.55 Å². The zero-order chi connectivity index (χ0) is 26.0.